The van der Waals surface area contributed by atoms with Gasteiger partial charge in [0.05, 0.1) is 0 Å². The molecule has 0 amide bonds. The zero-order valence-electron chi connectivity index (χ0n) is 25.8. The summed E-state index contributed by atoms with van der Waals surface area (Å²) in [5, 5.41) is 20.4. The summed E-state index contributed by atoms with van der Waals surface area (Å²) in [7, 11) is 4.40. The van der Waals surface area contributed by atoms with E-state index in [1.165, 1.54) is 11.1 Å². The Hall–Kier alpha value is -2.70. The van der Waals surface area contributed by atoms with E-state index < -0.39 is 0 Å². The molecule has 4 aliphatic carbocycles. The van der Waals surface area contributed by atoms with Crippen LogP contribution in [-0.4, -0.2) is 83.1 Å². The molecule has 11 heteroatoms. The number of likely N-dealkylation sites (tertiary alicyclic amines) is 2. The number of halogens is 1. The molecular formula is C34H43BrN4O6. The zero-order valence-corrected chi connectivity index (χ0v) is 27.5. The van der Waals surface area contributed by atoms with Gasteiger partial charge in [0.1, 0.15) is 0 Å². The predicted octanol–water partition coefficient (Wildman–Crippen LogP) is 2.66. The largest absolute Gasteiger partial charge is 0.504 e. The smallest absolute Gasteiger partial charge is 0.174 e. The monoisotopic (exact) mass is 682 g/mol. The molecule has 6 N–H and O–H groups in total. The fraction of sp³-hybridized carbons (Fsp3) is 0.588. The highest BCUT2D eigenvalue weighted by Gasteiger charge is 2.67. The molecule has 2 aromatic rings. The maximum Gasteiger partial charge on any atom is 0.174 e. The summed E-state index contributed by atoms with van der Waals surface area (Å²) in [5.41, 5.74) is 4.52. The number of phenols is 2. The minimum Gasteiger partial charge on any atom is -0.504 e. The van der Waals surface area contributed by atoms with Crippen molar-refractivity contribution in [1.82, 2.24) is 9.80 Å². The van der Waals surface area contributed by atoms with Gasteiger partial charge in [-0.3, -0.25) is 21.3 Å². The second kappa shape index (κ2) is 10.7. The highest BCUT2D eigenvalue weighted by Crippen LogP contribution is 2.64. The molecule has 8 aliphatic rings. The Morgan fingerprint density at radius 3 is 1.53 bits per heavy atom. The van der Waals surface area contributed by atoms with Gasteiger partial charge in [-0.05, 0) is 101 Å². The number of likely N-dealkylation sites (N-methyl/N-ethyl adjacent to an activating group) is 2. The number of aromatic hydroxyl groups is 2. The maximum absolute atomic E-state index is 12.5. The maximum atomic E-state index is 12.5. The molecule has 0 radical (unpaired) electrons. The van der Waals surface area contributed by atoms with Crippen molar-refractivity contribution in [3.8, 4) is 23.0 Å². The first-order valence-electron chi connectivity index (χ1n) is 16.1. The Morgan fingerprint density at radius 1 is 0.733 bits per heavy atom. The standard InChI is InChI=1S/2C17H19NO3.BrH.H4N2/c2*1-18-7-6-17-10-3-5-13(20)16(17)21-15-12(19)4-2-9(14(15)17)8-11(10)18;;1-2/h2*2,4,10-11,16,19H,3,5-8H2,1H3;1H;1-2H2/t2*10-,11+,16-,17-;;/m00../s1. The first kappa shape index (κ1) is 30.9. The second-order valence-corrected chi connectivity index (χ2v) is 14.2. The number of ether oxygens (including phenoxy) is 2. The average Bonchev–Trinajstić information content (AvgIpc) is 3.57. The summed E-state index contributed by atoms with van der Waals surface area (Å²) in [6, 6.07) is 8.51. The Balaban J connectivity index is 0.000000134. The van der Waals surface area contributed by atoms with Gasteiger partial charge in [0.2, 0.25) is 0 Å². The molecule has 4 fully saturated rings. The normalized spacial score (nSPS) is 37.3. The number of rotatable bonds is 0. The van der Waals surface area contributed by atoms with Crippen LogP contribution in [0.5, 0.6) is 23.0 Å². The van der Waals surface area contributed by atoms with Crippen molar-refractivity contribution in [2.45, 2.75) is 86.5 Å². The van der Waals surface area contributed by atoms with E-state index >= 15 is 0 Å². The van der Waals surface area contributed by atoms with E-state index in [0.29, 0.717) is 48.3 Å². The molecule has 45 heavy (non-hydrogen) atoms. The van der Waals surface area contributed by atoms with Crippen LogP contribution in [0.2, 0.25) is 0 Å². The number of phenolic OH excluding ortho intramolecular Hbond substituents is 2. The first-order valence-corrected chi connectivity index (χ1v) is 16.1. The number of carbonyl (C=O) groups excluding carboxylic acids is 2. The lowest BCUT2D eigenvalue weighted by molar-refractivity contribution is -0.138. The van der Waals surface area contributed by atoms with E-state index in [-0.39, 0.29) is 63.1 Å². The number of hydrogen-bond acceptors (Lipinski definition) is 10. The third-order valence-electron chi connectivity index (χ3n) is 12.8. The van der Waals surface area contributed by atoms with E-state index in [1.807, 2.05) is 12.1 Å². The first-order chi connectivity index (χ1) is 21.3. The second-order valence-electron chi connectivity index (χ2n) is 14.2. The van der Waals surface area contributed by atoms with Crippen LogP contribution in [0.4, 0.5) is 0 Å². The minimum atomic E-state index is -0.366. The molecule has 4 heterocycles. The van der Waals surface area contributed by atoms with E-state index in [1.54, 1.807) is 12.1 Å². The van der Waals surface area contributed by atoms with Gasteiger partial charge in [-0.15, -0.1) is 17.0 Å². The minimum absolute atomic E-state index is 0. The van der Waals surface area contributed by atoms with Crippen LogP contribution in [0.15, 0.2) is 24.3 Å². The zero-order chi connectivity index (χ0) is 30.7. The van der Waals surface area contributed by atoms with Crippen molar-refractivity contribution in [2.24, 2.45) is 23.5 Å². The summed E-state index contributed by atoms with van der Waals surface area (Å²) in [6.07, 6.45) is 6.37. The third kappa shape index (κ3) is 3.82. The van der Waals surface area contributed by atoms with Crippen LogP contribution < -0.4 is 21.2 Å². The molecule has 2 saturated heterocycles. The molecule has 2 saturated carbocycles. The van der Waals surface area contributed by atoms with Gasteiger partial charge in [-0.25, -0.2) is 0 Å². The average molecular weight is 684 g/mol. The molecule has 8 atom stereocenters. The number of ketones is 2. The van der Waals surface area contributed by atoms with Crippen molar-refractivity contribution in [1.29, 1.82) is 0 Å². The number of nitrogens with zero attached hydrogens (tertiary/aromatic N) is 2. The molecule has 2 spiro atoms. The van der Waals surface area contributed by atoms with Crippen LogP contribution in [0.1, 0.15) is 60.8 Å². The van der Waals surface area contributed by atoms with Crippen LogP contribution in [-0.2, 0) is 33.3 Å². The Kier molecular flexibility index (Phi) is 7.33. The molecule has 0 unspecified atom stereocenters. The highest BCUT2D eigenvalue weighted by atomic mass is 79.9. The van der Waals surface area contributed by atoms with E-state index in [2.05, 4.69) is 35.6 Å². The molecule has 2 aromatic carbocycles. The number of nitrogens with two attached hydrogens (primary N) is 2. The third-order valence-corrected chi connectivity index (χ3v) is 12.8. The van der Waals surface area contributed by atoms with Crippen molar-refractivity contribution in [2.75, 3.05) is 27.2 Å². The van der Waals surface area contributed by atoms with E-state index in [4.69, 9.17) is 9.47 Å². The number of benzene rings is 2. The van der Waals surface area contributed by atoms with Crippen molar-refractivity contribution < 1.29 is 29.3 Å². The summed E-state index contributed by atoms with van der Waals surface area (Å²) < 4.78 is 12.1. The lowest BCUT2D eigenvalue weighted by atomic mass is 9.52. The lowest BCUT2D eigenvalue weighted by Crippen LogP contribution is -2.65. The van der Waals surface area contributed by atoms with Gasteiger partial charge in [0.15, 0.2) is 46.8 Å². The predicted molar refractivity (Wildman–Crippen MR) is 172 cm³/mol. The van der Waals surface area contributed by atoms with Gasteiger partial charge < -0.3 is 29.5 Å². The van der Waals surface area contributed by atoms with Crippen molar-refractivity contribution >= 4 is 28.5 Å². The SMILES string of the molecule is Br.CN1CC[C@]23c4c5ccc(O)c4O[C@H]2C(=O)CC[C@H]3[C@H]1C5.CN1CC[C@]23c4c5ccc(O)c4O[C@H]2C(=O)CC[C@H]3[C@H]1C5.NN. The molecule has 0 aromatic heterocycles. The molecule has 242 valence electrons. The van der Waals surface area contributed by atoms with Crippen molar-refractivity contribution in [3.05, 3.63) is 46.5 Å². The summed E-state index contributed by atoms with van der Waals surface area (Å²) in [5.74, 6) is 11.0. The number of hydrazine groups is 1. The van der Waals surface area contributed by atoms with Crippen LogP contribution >= 0.6 is 17.0 Å². The Morgan fingerprint density at radius 2 is 1.13 bits per heavy atom. The summed E-state index contributed by atoms with van der Waals surface area (Å²) >= 11 is 0. The lowest BCUT2D eigenvalue weighted by Gasteiger charge is -2.57. The van der Waals surface area contributed by atoms with Crippen LogP contribution in [0, 0.1) is 11.8 Å². The Bertz CT molecular complexity index is 1470. The summed E-state index contributed by atoms with van der Waals surface area (Å²) in [6.45, 7) is 2.01. The molecule has 10 nitrogen and oxygen atoms in total. The molecule has 4 aliphatic heterocycles. The topological polar surface area (TPSA) is 152 Å². The fourth-order valence-electron chi connectivity index (χ4n) is 11.0. The fourth-order valence-corrected chi connectivity index (χ4v) is 11.0. The van der Waals surface area contributed by atoms with Gasteiger partial charge in [0.25, 0.3) is 0 Å². The van der Waals surface area contributed by atoms with Crippen molar-refractivity contribution in [3.63, 3.8) is 0 Å². The van der Waals surface area contributed by atoms with Gasteiger partial charge in [-0.2, -0.15) is 0 Å². The van der Waals surface area contributed by atoms with Crippen LogP contribution in [0.25, 0.3) is 0 Å². The number of carbonyl (C=O) groups is 2. The Labute approximate surface area is 273 Å². The number of piperidine rings is 2. The highest BCUT2D eigenvalue weighted by molar-refractivity contribution is 8.93. The molecular weight excluding hydrogens is 640 g/mol. The van der Waals surface area contributed by atoms with E-state index in [0.717, 1.165) is 62.7 Å². The van der Waals surface area contributed by atoms with Gasteiger partial charge >= 0.3 is 0 Å². The van der Waals surface area contributed by atoms with Gasteiger partial charge in [-0.1, -0.05) is 12.1 Å². The molecule has 10 rings (SSSR count). The van der Waals surface area contributed by atoms with Crippen LogP contribution in [0.3, 0.4) is 0 Å². The van der Waals surface area contributed by atoms with Gasteiger partial charge in [0, 0.05) is 46.9 Å². The molecule has 4 bridgehead atoms. The number of Topliss-reactive ketones (excluding diaryl/α,β-unsaturated/α-hetero) is 2. The number of hydrogen-bond donors (Lipinski definition) is 4. The summed E-state index contributed by atoms with van der Waals surface area (Å²) in [4.78, 5) is 29.9. The quantitative estimate of drug-likeness (QED) is 0.241. The van der Waals surface area contributed by atoms with E-state index in [9.17, 15) is 19.8 Å².